The minimum atomic E-state index is -5.41. The fraction of sp³-hybridized carbons (Fsp3) is 0.333. The van der Waals surface area contributed by atoms with Gasteiger partial charge in [0.2, 0.25) is 0 Å². The predicted molar refractivity (Wildman–Crippen MR) is 48.8 cm³/mol. The molecule has 0 saturated heterocycles. The molecule has 0 saturated carbocycles. The van der Waals surface area contributed by atoms with Crippen molar-refractivity contribution in [2.45, 2.75) is 12.1 Å². The molecule has 0 bridgehead atoms. The molecule has 0 aliphatic heterocycles. The molecule has 1 aromatic heterocycles. The molecular formula is C6H6F3NO3S2. The van der Waals surface area contributed by atoms with Gasteiger partial charge in [-0.05, 0) is 11.4 Å². The normalized spacial score (nSPS) is 12.8. The highest BCUT2D eigenvalue weighted by atomic mass is 32.2. The van der Waals surface area contributed by atoms with Crippen LogP contribution in [-0.2, 0) is 16.6 Å². The third-order valence-corrected chi connectivity index (χ3v) is 3.44. The smallest absolute Gasteiger partial charge is 0.391 e. The van der Waals surface area contributed by atoms with Crippen molar-refractivity contribution in [1.82, 2.24) is 0 Å². The van der Waals surface area contributed by atoms with E-state index in [1.165, 1.54) is 10.1 Å². The molecule has 15 heavy (non-hydrogen) atoms. The highest BCUT2D eigenvalue weighted by molar-refractivity contribution is 7.93. The van der Waals surface area contributed by atoms with Gasteiger partial charge in [0, 0.05) is 0 Å². The van der Waals surface area contributed by atoms with Crippen LogP contribution in [0.5, 0.6) is 0 Å². The van der Waals surface area contributed by atoms with Crippen molar-refractivity contribution in [2.75, 3.05) is 4.72 Å². The number of hydrogen-bond acceptors (Lipinski definition) is 4. The van der Waals surface area contributed by atoms with E-state index in [1.807, 2.05) is 0 Å². The van der Waals surface area contributed by atoms with Crippen molar-refractivity contribution in [1.29, 1.82) is 0 Å². The Morgan fingerprint density at radius 1 is 1.47 bits per heavy atom. The second kappa shape index (κ2) is 3.99. The molecule has 0 unspecified atom stereocenters. The van der Waals surface area contributed by atoms with Crippen LogP contribution < -0.4 is 4.72 Å². The van der Waals surface area contributed by atoms with Crippen LogP contribution >= 0.6 is 11.3 Å². The molecule has 0 fully saturated rings. The van der Waals surface area contributed by atoms with E-state index in [2.05, 4.69) is 0 Å². The van der Waals surface area contributed by atoms with Gasteiger partial charge in [-0.2, -0.15) is 21.6 Å². The van der Waals surface area contributed by atoms with Crippen LogP contribution in [0.2, 0.25) is 0 Å². The predicted octanol–water partition coefficient (Wildman–Crippen LogP) is 1.50. The van der Waals surface area contributed by atoms with Crippen LogP contribution in [0.3, 0.4) is 0 Å². The van der Waals surface area contributed by atoms with Crippen molar-refractivity contribution in [3.63, 3.8) is 0 Å². The van der Waals surface area contributed by atoms with Crippen LogP contribution in [0, 0.1) is 0 Å². The van der Waals surface area contributed by atoms with E-state index < -0.39 is 22.1 Å². The van der Waals surface area contributed by atoms with Gasteiger partial charge in [0.25, 0.3) is 0 Å². The maximum Gasteiger partial charge on any atom is 0.516 e. The Labute approximate surface area is 87.4 Å². The van der Waals surface area contributed by atoms with Crippen LogP contribution in [0.15, 0.2) is 11.4 Å². The van der Waals surface area contributed by atoms with Gasteiger partial charge in [0.1, 0.15) is 0 Å². The van der Waals surface area contributed by atoms with Crippen LogP contribution in [0.25, 0.3) is 0 Å². The van der Waals surface area contributed by atoms with Crippen molar-refractivity contribution < 1.29 is 26.7 Å². The summed E-state index contributed by atoms with van der Waals surface area (Å²) in [6.07, 6.45) is 0. The summed E-state index contributed by atoms with van der Waals surface area (Å²) in [4.78, 5) is 0.128. The van der Waals surface area contributed by atoms with E-state index >= 15 is 0 Å². The first-order chi connectivity index (χ1) is 6.78. The van der Waals surface area contributed by atoms with E-state index in [4.69, 9.17) is 5.11 Å². The monoisotopic (exact) mass is 261 g/mol. The Bertz CT molecular complexity index is 437. The van der Waals surface area contributed by atoms with Crippen LogP contribution in [-0.4, -0.2) is 19.0 Å². The Morgan fingerprint density at radius 3 is 2.53 bits per heavy atom. The van der Waals surface area contributed by atoms with Gasteiger partial charge >= 0.3 is 15.5 Å². The minimum Gasteiger partial charge on any atom is -0.391 e. The zero-order valence-corrected chi connectivity index (χ0v) is 8.71. The molecule has 4 nitrogen and oxygen atoms in total. The average Bonchev–Trinajstić information content (AvgIpc) is 2.48. The van der Waals surface area contributed by atoms with Gasteiger partial charge in [-0.1, -0.05) is 0 Å². The molecule has 0 aromatic carbocycles. The zero-order valence-electron chi connectivity index (χ0n) is 7.08. The highest BCUT2D eigenvalue weighted by Gasteiger charge is 2.46. The van der Waals surface area contributed by atoms with Crippen molar-refractivity contribution in [3.05, 3.63) is 16.3 Å². The van der Waals surface area contributed by atoms with Gasteiger partial charge in [0.05, 0.1) is 17.2 Å². The average molecular weight is 261 g/mol. The second-order valence-corrected chi connectivity index (χ2v) is 5.14. The summed E-state index contributed by atoms with van der Waals surface area (Å²) in [5.74, 6) is 0. The second-order valence-electron chi connectivity index (χ2n) is 2.47. The number of sulfonamides is 1. The summed E-state index contributed by atoms with van der Waals surface area (Å²) >= 11 is 0.957. The first-order valence-corrected chi connectivity index (χ1v) is 5.90. The summed E-state index contributed by atoms with van der Waals surface area (Å²) in [7, 11) is -5.41. The number of nitrogens with one attached hydrogen (secondary N) is 1. The number of rotatable bonds is 3. The third-order valence-electron chi connectivity index (χ3n) is 1.44. The molecule has 1 rings (SSSR count). The van der Waals surface area contributed by atoms with E-state index in [9.17, 15) is 21.6 Å². The SMILES string of the molecule is O=S(=O)(Nc1ccsc1CO)C(F)(F)F. The third kappa shape index (κ3) is 2.61. The van der Waals surface area contributed by atoms with Gasteiger partial charge in [-0.3, -0.25) is 4.72 Å². The van der Waals surface area contributed by atoms with Crippen LogP contribution in [0.1, 0.15) is 4.88 Å². The number of hydrogen-bond donors (Lipinski definition) is 2. The summed E-state index contributed by atoms with van der Waals surface area (Å²) in [5.41, 5.74) is -5.61. The fourth-order valence-electron chi connectivity index (χ4n) is 0.757. The molecule has 86 valence electrons. The van der Waals surface area contributed by atoms with Gasteiger partial charge in [-0.25, -0.2) is 0 Å². The van der Waals surface area contributed by atoms with E-state index in [0.717, 1.165) is 17.4 Å². The Kier molecular flexibility index (Phi) is 3.26. The topological polar surface area (TPSA) is 66.4 Å². The number of halogens is 3. The molecular weight excluding hydrogens is 255 g/mol. The molecule has 0 atom stereocenters. The van der Waals surface area contributed by atoms with Gasteiger partial charge in [-0.15, -0.1) is 11.3 Å². The quantitative estimate of drug-likeness (QED) is 0.866. The standard InChI is InChI=1S/C6H6F3NO3S2/c7-6(8,9)15(12,13)10-4-1-2-14-5(4)3-11/h1-2,10-11H,3H2. The molecule has 1 heterocycles. The van der Waals surface area contributed by atoms with Gasteiger partial charge < -0.3 is 5.11 Å². The zero-order chi connectivity index (χ0) is 11.7. The minimum absolute atomic E-state index is 0.128. The first kappa shape index (κ1) is 12.3. The summed E-state index contributed by atoms with van der Waals surface area (Å²) in [6.45, 7) is -0.520. The number of aliphatic hydroxyl groups excluding tert-OH is 1. The summed E-state index contributed by atoms with van der Waals surface area (Å²) < 4.78 is 58.6. The molecule has 9 heteroatoms. The molecule has 0 radical (unpaired) electrons. The molecule has 1 aromatic rings. The lowest BCUT2D eigenvalue weighted by molar-refractivity contribution is -0.0429. The van der Waals surface area contributed by atoms with Gasteiger partial charge in [0.15, 0.2) is 0 Å². The van der Waals surface area contributed by atoms with Crippen molar-refractivity contribution >= 4 is 27.0 Å². The van der Waals surface area contributed by atoms with E-state index in [1.54, 1.807) is 0 Å². The van der Waals surface area contributed by atoms with E-state index in [0.29, 0.717) is 0 Å². The number of aliphatic hydroxyl groups is 1. The molecule has 0 amide bonds. The lowest BCUT2D eigenvalue weighted by Crippen LogP contribution is -2.30. The summed E-state index contributed by atoms with van der Waals surface area (Å²) in [5, 5.41) is 10.1. The van der Waals surface area contributed by atoms with Crippen molar-refractivity contribution in [3.8, 4) is 0 Å². The Hall–Kier alpha value is -0.800. The maximum absolute atomic E-state index is 12.0. The molecule has 0 spiro atoms. The molecule has 2 N–H and O–H groups in total. The number of alkyl halides is 3. The summed E-state index contributed by atoms with van der Waals surface area (Å²) in [6, 6.07) is 1.15. The Balaban J connectivity index is 2.97. The largest absolute Gasteiger partial charge is 0.516 e. The molecule has 0 aliphatic rings. The maximum atomic E-state index is 12.0. The van der Waals surface area contributed by atoms with Crippen molar-refractivity contribution in [2.24, 2.45) is 0 Å². The number of anilines is 1. The first-order valence-electron chi connectivity index (χ1n) is 3.54. The lowest BCUT2D eigenvalue weighted by atomic mass is 10.4. The van der Waals surface area contributed by atoms with Crippen LogP contribution in [0.4, 0.5) is 18.9 Å². The fourth-order valence-corrected chi connectivity index (χ4v) is 2.11. The highest BCUT2D eigenvalue weighted by Crippen LogP contribution is 2.29. The number of thiophene rings is 1. The lowest BCUT2D eigenvalue weighted by Gasteiger charge is -2.10. The Morgan fingerprint density at radius 2 is 2.07 bits per heavy atom. The van der Waals surface area contributed by atoms with E-state index in [-0.39, 0.29) is 10.6 Å². The molecule has 0 aliphatic carbocycles.